The average Bonchev–Trinajstić information content (AvgIpc) is 3.34. The lowest BCUT2D eigenvalue weighted by atomic mass is 9.98. The number of aryl methyl sites for hydroxylation is 1. The van der Waals surface area contributed by atoms with Gasteiger partial charge in [-0.3, -0.25) is 0 Å². The molecule has 0 amide bonds. The number of hydrogen-bond donors (Lipinski definition) is 1. The van der Waals surface area contributed by atoms with Crippen molar-refractivity contribution < 1.29 is 8.94 Å². The van der Waals surface area contributed by atoms with E-state index in [1.54, 1.807) is 12.5 Å². The van der Waals surface area contributed by atoms with Gasteiger partial charge in [-0.25, -0.2) is 0 Å². The highest BCUT2D eigenvalue weighted by atomic mass is 16.5. The molecule has 1 N–H and O–H groups in total. The summed E-state index contributed by atoms with van der Waals surface area (Å²) in [5, 5.41) is 16.1. The van der Waals surface area contributed by atoms with Gasteiger partial charge >= 0.3 is 0 Å². The number of furan rings is 1. The summed E-state index contributed by atoms with van der Waals surface area (Å²) in [6.07, 6.45) is 5.30. The molecule has 1 aliphatic rings. The summed E-state index contributed by atoms with van der Waals surface area (Å²) in [5.41, 5.74) is 0.823. The topological polar surface area (TPSA) is 94.8 Å². The van der Waals surface area contributed by atoms with Crippen LogP contribution in [0.3, 0.4) is 0 Å². The standard InChI is InChI=1S/C17H22N6O2/c1-11(2)17-21-20-14-4-3-12(9-23(14)17)7-18-8-15-19-16(22-25-15)13-5-6-24-10-13/h5-6,10-12,18H,3-4,7-9H2,1-2H3/t12-/m0/s1. The molecule has 132 valence electrons. The molecule has 0 bridgehead atoms. The molecule has 0 unspecified atom stereocenters. The molecule has 0 fully saturated rings. The van der Waals surface area contributed by atoms with Crippen LogP contribution in [-0.2, 0) is 19.5 Å². The highest BCUT2D eigenvalue weighted by molar-refractivity contribution is 5.51. The fourth-order valence-corrected chi connectivity index (χ4v) is 3.23. The third kappa shape index (κ3) is 3.34. The Kier molecular flexibility index (Phi) is 4.35. The summed E-state index contributed by atoms with van der Waals surface area (Å²) in [6, 6.07) is 1.81. The Morgan fingerprint density at radius 2 is 2.28 bits per heavy atom. The van der Waals surface area contributed by atoms with Crippen molar-refractivity contribution in [3.63, 3.8) is 0 Å². The average molecular weight is 342 g/mol. The van der Waals surface area contributed by atoms with Gasteiger partial charge in [-0.15, -0.1) is 10.2 Å². The molecule has 1 atom stereocenters. The van der Waals surface area contributed by atoms with Crippen LogP contribution in [0.1, 0.15) is 43.7 Å². The molecule has 3 aromatic heterocycles. The van der Waals surface area contributed by atoms with Gasteiger partial charge in [-0.2, -0.15) is 4.98 Å². The zero-order valence-electron chi connectivity index (χ0n) is 14.5. The minimum Gasteiger partial charge on any atom is -0.472 e. The first-order chi connectivity index (χ1) is 12.2. The largest absolute Gasteiger partial charge is 0.472 e. The quantitative estimate of drug-likeness (QED) is 0.735. The number of hydrogen-bond acceptors (Lipinski definition) is 7. The van der Waals surface area contributed by atoms with E-state index >= 15 is 0 Å². The molecule has 8 nitrogen and oxygen atoms in total. The Bertz CT molecular complexity index is 820. The number of fused-ring (bicyclic) bond motifs is 1. The minimum atomic E-state index is 0.396. The molecule has 0 radical (unpaired) electrons. The first-order valence-corrected chi connectivity index (χ1v) is 8.68. The summed E-state index contributed by atoms with van der Waals surface area (Å²) in [5.74, 6) is 4.28. The van der Waals surface area contributed by atoms with Crippen LogP contribution in [0.15, 0.2) is 27.5 Å². The van der Waals surface area contributed by atoms with Crippen LogP contribution < -0.4 is 5.32 Å². The molecule has 3 aromatic rings. The van der Waals surface area contributed by atoms with E-state index in [1.807, 2.05) is 6.07 Å². The first-order valence-electron chi connectivity index (χ1n) is 8.68. The highest BCUT2D eigenvalue weighted by Gasteiger charge is 2.23. The first kappa shape index (κ1) is 16.0. The molecule has 4 rings (SSSR count). The fraction of sp³-hybridized carbons (Fsp3) is 0.529. The van der Waals surface area contributed by atoms with E-state index in [4.69, 9.17) is 8.94 Å². The zero-order chi connectivity index (χ0) is 17.2. The molecular formula is C17H22N6O2. The molecule has 25 heavy (non-hydrogen) atoms. The maximum absolute atomic E-state index is 5.28. The molecule has 4 heterocycles. The smallest absolute Gasteiger partial charge is 0.240 e. The Hall–Kier alpha value is -2.48. The second-order valence-corrected chi connectivity index (χ2v) is 6.80. The number of rotatable bonds is 6. The molecule has 1 aliphatic heterocycles. The molecule has 0 saturated carbocycles. The van der Waals surface area contributed by atoms with Crippen molar-refractivity contribution in [2.24, 2.45) is 5.92 Å². The van der Waals surface area contributed by atoms with Gasteiger partial charge in [0.15, 0.2) is 0 Å². The van der Waals surface area contributed by atoms with Gasteiger partial charge in [0, 0.05) is 25.4 Å². The van der Waals surface area contributed by atoms with E-state index in [2.05, 4.69) is 44.1 Å². The lowest BCUT2D eigenvalue weighted by Gasteiger charge is -2.25. The second-order valence-electron chi connectivity index (χ2n) is 6.80. The van der Waals surface area contributed by atoms with Gasteiger partial charge in [0.25, 0.3) is 0 Å². The maximum Gasteiger partial charge on any atom is 0.240 e. The predicted molar refractivity (Wildman–Crippen MR) is 89.6 cm³/mol. The third-order valence-corrected chi connectivity index (χ3v) is 4.55. The molecule has 0 aromatic carbocycles. The van der Waals surface area contributed by atoms with Crippen molar-refractivity contribution in [3.05, 3.63) is 36.1 Å². The Labute approximate surface area is 145 Å². The van der Waals surface area contributed by atoms with Crippen molar-refractivity contribution in [2.75, 3.05) is 6.54 Å². The monoisotopic (exact) mass is 342 g/mol. The van der Waals surface area contributed by atoms with Crippen LogP contribution in [0.2, 0.25) is 0 Å². The maximum atomic E-state index is 5.28. The van der Waals surface area contributed by atoms with Crippen molar-refractivity contribution in [2.45, 2.75) is 45.7 Å². The van der Waals surface area contributed by atoms with Crippen LogP contribution in [0, 0.1) is 5.92 Å². The second kappa shape index (κ2) is 6.79. The summed E-state index contributed by atoms with van der Waals surface area (Å²) in [6.45, 7) is 6.75. The van der Waals surface area contributed by atoms with Crippen molar-refractivity contribution in [3.8, 4) is 11.4 Å². The number of nitrogens with one attached hydrogen (secondary N) is 1. The van der Waals surface area contributed by atoms with Gasteiger partial charge in [-0.05, 0) is 18.4 Å². The molecule has 0 saturated heterocycles. The highest BCUT2D eigenvalue weighted by Crippen LogP contribution is 2.23. The Balaban J connectivity index is 1.31. The summed E-state index contributed by atoms with van der Waals surface area (Å²) in [4.78, 5) is 4.37. The van der Waals surface area contributed by atoms with Crippen molar-refractivity contribution >= 4 is 0 Å². The van der Waals surface area contributed by atoms with Gasteiger partial charge in [-0.1, -0.05) is 19.0 Å². The van der Waals surface area contributed by atoms with Crippen LogP contribution in [-0.4, -0.2) is 31.4 Å². The Morgan fingerprint density at radius 3 is 3.08 bits per heavy atom. The van der Waals surface area contributed by atoms with Crippen LogP contribution in [0.25, 0.3) is 11.4 Å². The van der Waals surface area contributed by atoms with Crippen molar-refractivity contribution in [1.29, 1.82) is 0 Å². The summed E-state index contributed by atoms with van der Waals surface area (Å²) >= 11 is 0. The lowest BCUT2D eigenvalue weighted by Crippen LogP contribution is -2.30. The van der Waals surface area contributed by atoms with Gasteiger partial charge < -0.3 is 18.8 Å². The van der Waals surface area contributed by atoms with Gasteiger partial charge in [0.1, 0.15) is 17.9 Å². The minimum absolute atomic E-state index is 0.396. The molecule has 0 spiro atoms. The molecule has 8 heteroatoms. The Morgan fingerprint density at radius 1 is 1.36 bits per heavy atom. The van der Waals surface area contributed by atoms with Gasteiger partial charge in [0.05, 0.1) is 18.4 Å². The van der Waals surface area contributed by atoms with E-state index in [0.29, 0.717) is 30.1 Å². The summed E-state index contributed by atoms with van der Waals surface area (Å²) < 4.78 is 12.6. The zero-order valence-corrected chi connectivity index (χ0v) is 14.5. The SMILES string of the molecule is CC(C)c1nnc2n1C[C@H](CNCc1nc(-c3ccoc3)no1)CC2. The lowest BCUT2D eigenvalue weighted by molar-refractivity contribution is 0.322. The predicted octanol–water partition coefficient (Wildman–Crippen LogP) is 2.40. The van der Waals surface area contributed by atoms with E-state index in [-0.39, 0.29) is 0 Å². The summed E-state index contributed by atoms with van der Waals surface area (Å²) in [7, 11) is 0. The van der Waals surface area contributed by atoms with Crippen LogP contribution in [0.5, 0.6) is 0 Å². The normalized spacial score (nSPS) is 17.2. The van der Waals surface area contributed by atoms with Gasteiger partial charge in [0.2, 0.25) is 11.7 Å². The van der Waals surface area contributed by atoms with Crippen LogP contribution in [0.4, 0.5) is 0 Å². The van der Waals surface area contributed by atoms with E-state index in [0.717, 1.165) is 43.1 Å². The molecule has 0 aliphatic carbocycles. The van der Waals surface area contributed by atoms with E-state index in [9.17, 15) is 0 Å². The fourth-order valence-electron chi connectivity index (χ4n) is 3.23. The van der Waals surface area contributed by atoms with Crippen molar-refractivity contribution in [1.82, 2.24) is 30.2 Å². The third-order valence-electron chi connectivity index (χ3n) is 4.55. The number of aromatic nitrogens is 5. The number of nitrogens with zero attached hydrogens (tertiary/aromatic N) is 5. The van der Waals surface area contributed by atoms with E-state index < -0.39 is 0 Å². The molecular weight excluding hydrogens is 320 g/mol. The van der Waals surface area contributed by atoms with Crippen LogP contribution >= 0.6 is 0 Å². The van der Waals surface area contributed by atoms with E-state index in [1.165, 1.54) is 0 Å².